The topological polar surface area (TPSA) is 64.7 Å². The lowest BCUT2D eigenvalue weighted by molar-refractivity contribution is -0.122. The van der Waals surface area contributed by atoms with Crippen LogP contribution in [0.25, 0.3) is 0 Å². The highest BCUT2D eigenvalue weighted by Crippen LogP contribution is 2.18. The monoisotopic (exact) mass is 400 g/mol. The summed E-state index contributed by atoms with van der Waals surface area (Å²) in [6, 6.07) is 6.38. The van der Waals surface area contributed by atoms with Crippen molar-refractivity contribution in [3.05, 3.63) is 29.3 Å². The van der Waals surface area contributed by atoms with Gasteiger partial charge in [0.1, 0.15) is 0 Å². The zero-order chi connectivity index (χ0) is 20.6. The quantitative estimate of drug-likeness (QED) is 0.739. The molecule has 0 radical (unpaired) electrons. The van der Waals surface area contributed by atoms with Crippen molar-refractivity contribution in [1.29, 1.82) is 0 Å². The second kappa shape index (κ2) is 10.7. The summed E-state index contributed by atoms with van der Waals surface area (Å²) in [6.07, 6.45) is 6.62. The minimum Gasteiger partial charge on any atom is -0.353 e. The highest BCUT2D eigenvalue weighted by Gasteiger charge is 2.21. The van der Waals surface area contributed by atoms with Crippen LogP contribution in [-0.4, -0.2) is 66.9 Å². The number of rotatable bonds is 7. The fourth-order valence-corrected chi connectivity index (χ4v) is 4.26. The number of benzene rings is 1. The van der Waals surface area contributed by atoms with Gasteiger partial charge in [-0.05, 0) is 43.9 Å². The van der Waals surface area contributed by atoms with Crippen LogP contribution in [-0.2, 0) is 9.59 Å². The molecule has 0 aromatic heterocycles. The standard InChI is InChI=1S/C23H36N4O2/c1-18-7-6-10-21(19(18)2)25-23(29)17-27-15-13-26(14-16-27)12-11-22(28)24-20-8-4-3-5-9-20/h6-7,10,20H,3-5,8-9,11-17H2,1-2H3,(H,24,28)(H,25,29). The number of nitrogens with zero attached hydrogens (tertiary/aromatic N) is 2. The first-order chi connectivity index (χ1) is 14.0. The summed E-state index contributed by atoms with van der Waals surface area (Å²) in [7, 11) is 0. The molecule has 6 heteroatoms. The first-order valence-corrected chi connectivity index (χ1v) is 11.1. The van der Waals surface area contributed by atoms with Gasteiger partial charge in [0.15, 0.2) is 0 Å². The van der Waals surface area contributed by atoms with Crippen LogP contribution in [0.1, 0.15) is 49.7 Å². The van der Waals surface area contributed by atoms with Crippen LogP contribution in [0.5, 0.6) is 0 Å². The van der Waals surface area contributed by atoms with Crippen LogP contribution in [0.3, 0.4) is 0 Å². The summed E-state index contributed by atoms with van der Waals surface area (Å²) in [6.45, 7) is 8.87. The van der Waals surface area contributed by atoms with Gasteiger partial charge in [-0.1, -0.05) is 31.4 Å². The maximum atomic E-state index is 12.4. The van der Waals surface area contributed by atoms with Gasteiger partial charge in [-0.2, -0.15) is 0 Å². The van der Waals surface area contributed by atoms with Crippen molar-refractivity contribution in [2.24, 2.45) is 0 Å². The number of anilines is 1. The molecule has 1 heterocycles. The molecule has 160 valence electrons. The normalized spacial score (nSPS) is 19.1. The number of aryl methyl sites for hydroxylation is 1. The number of hydrogen-bond donors (Lipinski definition) is 2. The van der Waals surface area contributed by atoms with Crippen molar-refractivity contribution in [2.45, 2.75) is 58.4 Å². The third-order valence-electron chi connectivity index (χ3n) is 6.34. The second-order valence-electron chi connectivity index (χ2n) is 8.57. The zero-order valence-electron chi connectivity index (χ0n) is 18.0. The van der Waals surface area contributed by atoms with Gasteiger partial charge in [0.2, 0.25) is 11.8 Å². The number of carbonyl (C=O) groups excluding carboxylic acids is 2. The molecular formula is C23H36N4O2. The Balaban J connectivity index is 1.33. The molecule has 2 fully saturated rings. The maximum Gasteiger partial charge on any atom is 0.238 e. The Bertz CT molecular complexity index is 692. The summed E-state index contributed by atoms with van der Waals surface area (Å²) < 4.78 is 0. The molecule has 1 aliphatic carbocycles. The van der Waals surface area contributed by atoms with Crippen LogP contribution in [0, 0.1) is 13.8 Å². The van der Waals surface area contributed by atoms with Crippen molar-refractivity contribution in [3.8, 4) is 0 Å². The van der Waals surface area contributed by atoms with E-state index in [-0.39, 0.29) is 11.8 Å². The molecule has 0 bridgehead atoms. The van der Waals surface area contributed by atoms with E-state index in [0.29, 0.717) is 19.0 Å². The average molecular weight is 401 g/mol. The Labute approximate surface area is 175 Å². The lowest BCUT2D eigenvalue weighted by atomic mass is 9.95. The van der Waals surface area contributed by atoms with E-state index >= 15 is 0 Å². The van der Waals surface area contributed by atoms with E-state index in [0.717, 1.165) is 56.8 Å². The van der Waals surface area contributed by atoms with Gasteiger partial charge in [0, 0.05) is 50.9 Å². The fraction of sp³-hybridized carbons (Fsp3) is 0.652. The molecule has 29 heavy (non-hydrogen) atoms. The summed E-state index contributed by atoms with van der Waals surface area (Å²) in [5.41, 5.74) is 3.21. The molecule has 0 unspecified atom stereocenters. The largest absolute Gasteiger partial charge is 0.353 e. The lowest BCUT2D eigenvalue weighted by Crippen LogP contribution is -2.49. The molecule has 1 saturated carbocycles. The third-order valence-corrected chi connectivity index (χ3v) is 6.34. The molecular weight excluding hydrogens is 364 g/mol. The number of nitrogens with one attached hydrogen (secondary N) is 2. The van der Waals surface area contributed by atoms with Crippen LogP contribution >= 0.6 is 0 Å². The number of piperazine rings is 1. The molecule has 0 spiro atoms. The highest BCUT2D eigenvalue weighted by molar-refractivity contribution is 5.93. The van der Waals surface area contributed by atoms with E-state index in [1.807, 2.05) is 19.1 Å². The van der Waals surface area contributed by atoms with Crippen molar-refractivity contribution < 1.29 is 9.59 Å². The Morgan fingerprint density at radius 3 is 2.38 bits per heavy atom. The second-order valence-corrected chi connectivity index (χ2v) is 8.57. The predicted molar refractivity (Wildman–Crippen MR) is 117 cm³/mol. The van der Waals surface area contributed by atoms with E-state index in [9.17, 15) is 9.59 Å². The Morgan fingerprint density at radius 1 is 0.966 bits per heavy atom. The molecule has 1 saturated heterocycles. The average Bonchev–Trinajstić information content (AvgIpc) is 2.72. The van der Waals surface area contributed by atoms with Gasteiger partial charge in [-0.15, -0.1) is 0 Å². The van der Waals surface area contributed by atoms with Gasteiger partial charge in [0.05, 0.1) is 6.54 Å². The van der Waals surface area contributed by atoms with Crippen LogP contribution < -0.4 is 10.6 Å². The van der Waals surface area contributed by atoms with Crippen molar-refractivity contribution in [1.82, 2.24) is 15.1 Å². The number of carbonyl (C=O) groups is 2. The molecule has 2 amide bonds. The molecule has 1 aromatic carbocycles. The first-order valence-electron chi connectivity index (χ1n) is 11.1. The van der Waals surface area contributed by atoms with E-state index in [4.69, 9.17) is 0 Å². The Morgan fingerprint density at radius 2 is 1.66 bits per heavy atom. The molecule has 0 atom stereocenters. The minimum atomic E-state index is 0.0407. The first kappa shape index (κ1) is 21.8. The van der Waals surface area contributed by atoms with E-state index in [1.54, 1.807) is 0 Å². The van der Waals surface area contributed by atoms with Crippen molar-refractivity contribution in [2.75, 3.05) is 44.6 Å². The van der Waals surface area contributed by atoms with Crippen molar-refractivity contribution >= 4 is 17.5 Å². The molecule has 6 nitrogen and oxygen atoms in total. The number of hydrogen-bond acceptors (Lipinski definition) is 4. The fourth-order valence-electron chi connectivity index (χ4n) is 4.26. The third kappa shape index (κ3) is 6.82. The van der Waals surface area contributed by atoms with E-state index < -0.39 is 0 Å². The molecule has 2 aliphatic rings. The smallest absolute Gasteiger partial charge is 0.238 e. The Kier molecular flexibility index (Phi) is 8.07. The maximum absolute atomic E-state index is 12.4. The predicted octanol–water partition coefficient (Wildman–Crippen LogP) is 2.70. The molecule has 3 rings (SSSR count). The summed E-state index contributed by atoms with van der Waals surface area (Å²) >= 11 is 0. The van der Waals surface area contributed by atoms with E-state index in [1.165, 1.54) is 24.8 Å². The van der Waals surface area contributed by atoms with Crippen LogP contribution in [0.15, 0.2) is 18.2 Å². The zero-order valence-corrected chi connectivity index (χ0v) is 18.0. The van der Waals surface area contributed by atoms with Crippen LogP contribution in [0.2, 0.25) is 0 Å². The van der Waals surface area contributed by atoms with Gasteiger partial charge >= 0.3 is 0 Å². The highest BCUT2D eigenvalue weighted by atomic mass is 16.2. The Hall–Kier alpha value is -1.92. The van der Waals surface area contributed by atoms with Gasteiger partial charge < -0.3 is 15.5 Å². The molecule has 1 aromatic rings. The molecule has 2 N–H and O–H groups in total. The number of amides is 2. The van der Waals surface area contributed by atoms with Gasteiger partial charge in [-0.25, -0.2) is 0 Å². The SMILES string of the molecule is Cc1cccc(NC(=O)CN2CCN(CCC(=O)NC3CCCCC3)CC2)c1C. The lowest BCUT2D eigenvalue weighted by Gasteiger charge is -2.34. The molecule has 1 aliphatic heterocycles. The summed E-state index contributed by atoms with van der Waals surface area (Å²) in [5, 5.41) is 6.24. The van der Waals surface area contributed by atoms with Gasteiger partial charge in [-0.3, -0.25) is 14.5 Å². The van der Waals surface area contributed by atoms with Crippen LogP contribution in [0.4, 0.5) is 5.69 Å². The van der Waals surface area contributed by atoms with E-state index in [2.05, 4.69) is 33.4 Å². The van der Waals surface area contributed by atoms with Gasteiger partial charge in [0.25, 0.3) is 0 Å². The minimum absolute atomic E-state index is 0.0407. The summed E-state index contributed by atoms with van der Waals surface area (Å²) in [5.74, 6) is 0.228. The summed E-state index contributed by atoms with van der Waals surface area (Å²) in [4.78, 5) is 29.1. The van der Waals surface area contributed by atoms with Crippen molar-refractivity contribution in [3.63, 3.8) is 0 Å².